The van der Waals surface area contributed by atoms with Crippen LogP contribution < -0.4 is 9.80 Å². The molecule has 1 aromatic rings. The molecule has 0 aliphatic carbocycles. The van der Waals surface area contributed by atoms with Crippen LogP contribution in [0.15, 0.2) is 12.1 Å². The Kier molecular flexibility index (Phi) is 5.36. The first-order valence-corrected chi connectivity index (χ1v) is 5.69. The Morgan fingerprint density at radius 1 is 1.17 bits per heavy atom. The molecule has 1 heterocycles. The molecule has 1 rings (SSSR count). The molecule has 0 unspecified atom stereocenters. The van der Waals surface area contributed by atoms with Gasteiger partial charge in [0.05, 0.1) is 18.8 Å². The van der Waals surface area contributed by atoms with E-state index in [-0.39, 0.29) is 13.2 Å². The molecule has 98 valence electrons. The number of hydrogen-bond acceptors (Lipinski definition) is 6. The molecule has 0 aromatic carbocycles. The molecule has 18 heavy (non-hydrogen) atoms. The highest BCUT2D eigenvalue weighted by molar-refractivity contribution is 5.58. The highest BCUT2D eigenvalue weighted by atomic mass is 16.3. The summed E-state index contributed by atoms with van der Waals surface area (Å²) in [6.45, 7) is 0.927. The number of pyridine rings is 1. The highest BCUT2D eigenvalue weighted by Crippen LogP contribution is 2.20. The largest absolute Gasteiger partial charge is 0.395 e. The number of nitriles is 1. The summed E-state index contributed by atoms with van der Waals surface area (Å²) < 4.78 is 0. The number of nitrogens with zero attached hydrogens (tertiary/aromatic N) is 4. The van der Waals surface area contributed by atoms with E-state index in [0.29, 0.717) is 30.3 Å². The van der Waals surface area contributed by atoms with Crippen LogP contribution in [0.2, 0.25) is 0 Å². The van der Waals surface area contributed by atoms with Crippen LogP contribution in [0.5, 0.6) is 0 Å². The summed E-state index contributed by atoms with van der Waals surface area (Å²) in [6.07, 6.45) is 0. The van der Waals surface area contributed by atoms with Gasteiger partial charge in [0.25, 0.3) is 0 Å². The monoisotopic (exact) mass is 250 g/mol. The Balaban J connectivity index is 3.06. The second-order valence-electron chi connectivity index (χ2n) is 3.94. The summed E-state index contributed by atoms with van der Waals surface area (Å²) in [5.74, 6) is 1.22. The summed E-state index contributed by atoms with van der Waals surface area (Å²) in [7, 11) is 3.59. The maximum absolute atomic E-state index is 9.04. The molecule has 0 saturated carbocycles. The van der Waals surface area contributed by atoms with E-state index in [1.165, 1.54) is 0 Å². The van der Waals surface area contributed by atoms with E-state index in [4.69, 9.17) is 15.5 Å². The van der Waals surface area contributed by atoms with Gasteiger partial charge in [0.1, 0.15) is 17.7 Å². The predicted molar refractivity (Wildman–Crippen MR) is 69.7 cm³/mol. The normalized spacial score (nSPS) is 9.94. The predicted octanol–water partition coefficient (Wildman–Crippen LogP) is -0.190. The first-order chi connectivity index (χ1) is 8.63. The van der Waals surface area contributed by atoms with Gasteiger partial charge in [0.15, 0.2) is 0 Å². The van der Waals surface area contributed by atoms with Gasteiger partial charge in [0.2, 0.25) is 0 Å². The van der Waals surface area contributed by atoms with Crippen molar-refractivity contribution in [3.63, 3.8) is 0 Å². The zero-order chi connectivity index (χ0) is 13.5. The average Bonchev–Trinajstić information content (AvgIpc) is 2.38. The number of hydrogen-bond donors (Lipinski definition) is 2. The SMILES string of the molecule is CN(CCO)c1ccc(C#N)c(N(C)CCO)n1. The lowest BCUT2D eigenvalue weighted by Crippen LogP contribution is -2.26. The molecule has 6 nitrogen and oxygen atoms in total. The highest BCUT2D eigenvalue weighted by Gasteiger charge is 2.11. The van der Waals surface area contributed by atoms with Gasteiger partial charge in [-0.15, -0.1) is 0 Å². The lowest BCUT2D eigenvalue weighted by molar-refractivity contribution is 0.303. The fourth-order valence-electron chi connectivity index (χ4n) is 1.55. The average molecular weight is 250 g/mol. The molecule has 1 aromatic heterocycles. The topological polar surface area (TPSA) is 83.6 Å². The zero-order valence-corrected chi connectivity index (χ0v) is 10.7. The van der Waals surface area contributed by atoms with E-state index in [0.717, 1.165) is 0 Å². The van der Waals surface area contributed by atoms with E-state index >= 15 is 0 Å². The Morgan fingerprint density at radius 3 is 2.33 bits per heavy atom. The minimum Gasteiger partial charge on any atom is -0.395 e. The van der Waals surface area contributed by atoms with Gasteiger partial charge in [-0.1, -0.05) is 0 Å². The summed E-state index contributed by atoms with van der Waals surface area (Å²) in [6, 6.07) is 5.51. The fourth-order valence-corrected chi connectivity index (χ4v) is 1.55. The standard InChI is InChI=1S/C12H18N4O2/c1-15(5-7-17)11-4-3-10(9-13)12(14-11)16(2)6-8-18/h3-4,17-18H,5-8H2,1-2H3. The molecular formula is C12H18N4O2. The summed E-state index contributed by atoms with van der Waals surface area (Å²) >= 11 is 0. The second-order valence-corrected chi connectivity index (χ2v) is 3.94. The fraction of sp³-hybridized carbons (Fsp3) is 0.500. The Bertz CT molecular complexity index is 431. The Hall–Kier alpha value is -1.84. The zero-order valence-electron chi connectivity index (χ0n) is 10.7. The maximum atomic E-state index is 9.04. The number of aliphatic hydroxyl groups is 2. The van der Waals surface area contributed by atoms with Gasteiger partial charge in [-0.05, 0) is 12.1 Å². The molecule has 2 N–H and O–H groups in total. The summed E-state index contributed by atoms with van der Waals surface area (Å²) in [5.41, 5.74) is 0.465. The van der Waals surface area contributed by atoms with E-state index in [1.54, 1.807) is 29.0 Å². The molecule has 0 aliphatic heterocycles. The lowest BCUT2D eigenvalue weighted by Gasteiger charge is -2.22. The maximum Gasteiger partial charge on any atom is 0.148 e. The van der Waals surface area contributed by atoms with Crippen LogP contribution in [0, 0.1) is 11.3 Å². The molecule has 0 spiro atoms. The summed E-state index contributed by atoms with van der Waals surface area (Å²) in [4.78, 5) is 7.92. The molecule has 0 atom stereocenters. The van der Waals surface area contributed by atoms with Gasteiger partial charge >= 0.3 is 0 Å². The smallest absolute Gasteiger partial charge is 0.148 e. The molecule has 0 radical (unpaired) electrons. The first-order valence-electron chi connectivity index (χ1n) is 5.69. The van der Waals surface area contributed by atoms with Gasteiger partial charge in [-0.2, -0.15) is 5.26 Å². The van der Waals surface area contributed by atoms with Crippen molar-refractivity contribution in [1.29, 1.82) is 5.26 Å². The molecule has 0 aliphatic rings. The van der Waals surface area contributed by atoms with Gasteiger partial charge in [-0.25, -0.2) is 4.98 Å². The van der Waals surface area contributed by atoms with Crippen molar-refractivity contribution >= 4 is 11.6 Å². The lowest BCUT2D eigenvalue weighted by atomic mass is 10.2. The second kappa shape index (κ2) is 6.79. The van der Waals surface area contributed by atoms with E-state index in [9.17, 15) is 0 Å². The minimum atomic E-state index is -0.000243. The van der Waals surface area contributed by atoms with Crippen LogP contribution in [0.4, 0.5) is 11.6 Å². The van der Waals surface area contributed by atoms with Crippen LogP contribution in [0.3, 0.4) is 0 Å². The molecule has 0 bridgehead atoms. The quantitative estimate of drug-likeness (QED) is 0.728. The van der Waals surface area contributed by atoms with Crippen LogP contribution >= 0.6 is 0 Å². The number of likely N-dealkylation sites (N-methyl/N-ethyl adjacent to an activating group) is 2. The number of aromatic nitrogens is 1. The Morgan fingerprint density at radius 2 is 1.78 bits per heavy atom. The molecule has 0 saturated heterocycles. The molecule has 0 fully saturated rings. The van der Waals surface area contributed by atoms with Crippen LogP contribution in [-0.4, -0.2) is 55.6 Å². The van der Waals surface area contributed by atoms with Crippen molar-refractivity contribution in [3.05, 3.63) is 17.7 Å². The van der Waals surface area contributed by atoms with Crippen LogP contribution in [-0.2, 0) is 0 Å². The van der Waals surface area contributed by atoms with Crippen LogP contribution in [0.1, 0.15) is 5.56 Å². The third kappa shape index (κ3) is 3.32. The molecule has 6 heteroatoms. The number of anilines is 2. The summed E-state index contributed by atoms with van der Waals surface area (Å²) in [5, 5.41) is 26.9. The van der Waals surface area contributed by atoms with Gasteiger partial charge in [-0.3, -0.25) is 0 Å². The van der Waals surface area contributed by atoms with Crippen molar-refractivity contribution in [1.82, 2.24) is 4.98 Å². The van der Waals surface area contributed by atoms with Crippen molar-refractivity contribution in [2.24, 2.45) is 0 Å². The first kappa shape index (κ1) is 14.2. The van der Waals surface area contributed by atoms with Crippen molar-refractivity contribution in [3.8, 4) is 6.07 Å². The van der Waals surface area contributed by atoms with Crippen molar-refractivity contribution < 1.29 is 10.2 Å². The third-order valence-electron chi connectivity index (χ3n) is 2.60. The molecular weight excluding hydrogens is 232 g/mol. The van der Waals surface area contributed by atoms with Gasteiger partial charge in [0, 0.05) is 27.2 Å². The van der Waals surface area contributed by atoms with Crippen LogP contribution in [0.25, 0.3) is 0 Å². The van der Waals surface area contributed by atoms with Gasteiger partial charge < -0.3 is 20.0 Å². The minimum absolute atomic E-state index is 0.000243. The van der Waals surface area contributed by atoms with Crippen molar-refractivity contribution in [2.75, 3.05) is 50.2 Å². The van der Waals surface area contributed by atoms with E-state index in [2.05, 4.69) is 11.1 Å². The third-order valence-corrected chi connectivity index (χ3v) is 2.60. The number of aliphatic hydroxyl groups excluding tert-OH is 2. The van der Waals surface area contributed by atoms with E-state index < -0.39 is 0 Å². The Labute approximate surface area is 107 Å². The molecule has 0 amide bonds. The number of rotatable bonds is 6. The van der Waals surface area contributed by atoms with Crippen molar-refractivity contribution in [2.45, 2.75) is 0 Å². The van der Waals surface area contributed by atoms with E-state index in [1.807, 2.05) is 7.05 Å².